The molecule has 0 unspecified atom stereocenters. The molecule has 4 heterocycles. The van der Waals surface area contributed by atoms with Gasteiger partial charge in [0.25, 0.3) is 0 Å². The lowest BCUT2D eigenvalue weighted by Crippen LogP contribution is -2.35. The molecule has 0 radical (unpaired) electrons. The van der Waals surface area contributed by atoms with Gasteiger partial charge in [-0.05, 0) is 52.5 Å². The molecule has 0 aliphatic carbocycles. The van der Waals surface area contributed by atoms with Crippen molar-refractivity contribution < 1.29 is 23.5 Å². The molecule has 0 bridgehead atoms. The predicted octanol–water partition coefficient (Wildman–Crippen LogP) is 5.13. The van der Waals surface area contributed by atoms with Gasteiger partial charge in [-0.1, -0.05) is 42.5 Å². The van der Waals surface area contributed by atoms with E-state index in [2.05, 4.69) is 42.2 Å². The fraction of sp³-hybridized carbons (Fsp3) is 0.333. The van der Waals surface area contributed by atoms with E-state index in [-0.39, 0.29) is 23.9 Å². The highest BCUT2D eigenvalue weighted by atomic mass is 79.9. The molecule has 0 saturated carbocycles. The third-order valence-corrected chi connectivity index (χ3v) is 9.54. The lowest BCUT2D eigenvalue weighted by molar-refractivity contribution is -0.120. The van der Waals surface area contributed by atoms with Crippen molar-refractivity contribution in [1.82, 2.24) is 31.2 Å². The predicted molar refractivity (Wildman–Crippen MR) is 185 cm³/mol. The van der Waals surface area contributed by atoms with Crippen LogP contribution in [0.15, 0.2) is 65.1 Å². The summed E-state index contributed by atoms with van der Waals surface area (Å²) < 4.78 is 28.2. The van der Waals surface area contributed by atoms with Gasteiger partial charge in [0.1, 0.15) is 5.82 Å². The number of hydrogen-bond donors (Lipinski definition) is 4. The Morgan fingerprint density at radius 1 is 0.729 bits per heavy atom. The number of carbonyl (C=O) groups is 2. The van der Waals surface area contributed by atoms with Crippen molar-refractivity contribution in [2.24, 2.45) is 0 Å². The number of carbonyl (C=O) groups excluding carboxylic acids is 2. The van der Waals surface area contributed by atoms with Gasteiger partial charge < -0.3 is 30.7 Å². The molecule has 2 atom stereocenters. The third kappa shape index (κ3) is 7.51. The maximum atomic E-state index is 16.3. The molecule has 250 valence electrons. The molecular formula is C36H38BrFN6O4. The van der Waals surface area contributed by atoms with Crippen LogP contribution in [0.3, 0.4) is 0 Å². The summed E-state index contributed by atoms with van der Waals surface area (Å²) in [6.07, 6.45) is 2.76. The quantitative estimate of drug-likeness (QED) is 0.150. The smallest absolute Gasteiger partial charge is 0.220 e. The molecule has 10 nitrogen and oxygen atoms in total. The first kappa shape index (κ1) is 33.5. The van der Waals surface area contributed by atoms with Crippen molar-refractivity contribution in [1.29, 1.82) is 0 Å². The first-order chi connectivity index (χ1) is 23.3. The Hall–Kier alpha value is -4.39. The molecule has 2 aliphatic rings. The van der Waals surface area contributed by atoms with E-state index in [1.54, 1.807) is 32.4 Å². The van der Waals surface area contributed by atoms with Gasteiger partial charge in [0.2, 0.25) is 23.6 Å². The molecule has 12 heteroatoms. The third-order valence-electron chi connectivity index (χ3n) is 8.69. The van der Waals surface area contributed by atoms with Crippen LogP contribution in [0, 0.1) is 5.82 Å². The molecule has 6 rings (SSSR count). The topological polar surface area (TPSA) is 126 Å². The summed E-state index contributed by atoms with van der Waals surface area (Å²) in [7, 11) is 3.13. The van der Waals surface area contributed by atoms with Crippen molar-refractivity contribution in [2.45, 2.75) is 50.9 Å². The molecule has 2 aromatic heterocycles. The molecule has 2 saturated heterocycles. The molecule has 4 N–H and O–H groups in total. The van der Waals surface area contributed by atoms with Crippen LogP contribution < -0.4 is 30.7 Å². The number of nitrogens with one attached hydrogen (secondary N) is 4. The molecule has 2 aromatic carbocycles. The zero-order chi connectivity index (χ0) is 33.6. The summed E-state index contributed by atoms with van der Waals surface area (Å²) in [4.78, 5) is 32.4. The van der Waals surface area contributed by atoms with Crippen LogP contribution in [0.4, 0.5) is 4.39 Å². The van der Waals surface area contributed by atoms with Crippen LogP contribution in [0.1, 0.15) is 36.8 Å². The van der Waals surface area contributed by atoms with E-state index >= 15 is 4.39 Å². The summed E-state index contributed by atoms with van der Waals surface area (Å²) in [6.45, 7) is 2.36. The number of hydrogen-bond acceptors (Lipinski definition) is 8. The molecule has 4 aromatic rings. The van der Waals surface area contributed by atoms with E-state index in [1.807, 2.05) is 42.5 Å². The maximum Gasteiger partial charge on any atom is 0.220 e. The van der Waals surface area contributed by atoms with Gasteiger partial charge in [0.05, 0.1) is 25.6 Å². The second kappa shape index (κ2) is 15.2. The largest absolute Gasteiger partial charge is 0.481 e. The molecule has 2 fully saturated rings. The monoisotopic (exact) mass is 716 g/mol. The number of rotatable bonds is 13. The summed E-state index contributed by atoms with van der Waals surface area (Å²) >= 11 is 3.74. The van der Waals surface area contributed by atoms with E-state index in [9.17, 15) is 9.59 Å². The van der Waals surface area contributed by atoms with Crippen LogP contribution in [0.25, 0.3) is 33.6 Å². The van der Waals surface area contributed by atoms with Gasteiger partial charge in [-0.2, -0.15) is 0 Å². The number of amides is 2. The Bertz CT molecular complexity index is 1690. The highest BCUT2D eigenvalue weighted by Gasteiger charge is 2.22. The van der Waals surface area contributed by atoms with Gasteiger partial charge in [-0.15, -0.1) is 0 Å². The van der Waals surface area contributed by atoms with Crippen molar-refractivity contribution in [3.05, 3.63) is 82.1 Å². The first-order valence-corrected chi connectivity index (χ1v) is 16.8. The fourth-order valence-electron chi connectivity index (χ4n) is 6.16. The van der Waals surface area contributed by atoms with Crippen LogP contribution >= 0.6 is 15.9 Å². The van der Waals surface area contributed by atoms with Crippen LogP contribution in [0.5, 0.6) is 11.8 Å². The Morgan fingerprint density at radius 3 is 1.71 bits per heavy atom. The lowest BCUT2D eigenvalue weighted by atomic mass is 9.97. The van der Waals surface area contributed by atoms with E-state index in [0.717, 1.165) is 29.5 Å². The van der Waals surface area contributed by atoms with Crippen molar-refractivity contribution in [3.8, 4) is 45.4 Å². The minimum Gasteiger partial charge on any atom is -0.481 e. The zero-order valence-corrected chi connectivity index (χ0v) is 28.5. The zero-order valence-electron chi connectivity index (χ0n) is 26.9. The number of aromatic nitrogens is 2. The van der Waals surface area contributed by atoms with Gasteiger partial charge in [-0.25, -0.2) is 14.4 Å². The average molecular weight is 718 g/mol. The first-order valence-electron chi connectivity index (χ1n) is 16.0. The summed E-state index contributed by atoms with van der Waals surface area (Å²) in [6, 6.07) is 18.7. The van der Waals surface area contributed by atoms with Gasteiger partial charge >= 0.3 is 0 Å². The highest BCUT2D eigenvalue weighted by molar-refractivity contribution is 9.10. The molecule has 48 heavy (non-hydrogen) atoms. The molecular weight excluding hydrogens is 679 g/mol. The van der Waals surface area contributed by atoms with Gasteiger partial charge in [-0.3, -0.25) is 9.59 Å². The second-order valence-electron chi connectivity index (χ2n) is 11.9. The average Bonchev–Trinajstić information content (AvgIpc) is 3.72. The Labute approximate surface area is 287 Å². The van der Waals surface area contributed by atoms with E-state index in [0.29, 0.717) is 83.3 Å². The normalized spacial score (nSPS) is 17.3. The van der Waals surface area contributed by atoms with E-state index in [1.165, 1.54) is 0 Å². The van der Waals surface area contributed by atoms with E-state index < -0.39 is 5.82 Å². The SMILES string of the molecule is COc1nc(-c2cccc(-c3cccc(-c4ccc(CNC[C@@H]5CCC(=O)N5)c(OC)n4)c3Br)c2F)ccc1CNC[C@@H]1CCC(=O)N1. The van der Waals surface area contributed by atoms with Crippen LogP contribution in [-0.2, 0) is 22.7 Å². The summed E-state index contributed by atoms with van der Waals surface area (Å²) in [5.74, 6) is 0.667. The fourth-order valence-corrected chi connectivity index (χ4v) is 6.84. The molecule has 2 aliphatic heterocycles. The van der Waals surface area contributed by atoms with Crippen molar-refractivity contribution in [2.75, 3.05) is 27.3 Å². The van der Waals surface area contributed by atoms with Gasteiger partial charge in [0, 0.05) is 83.4 Å². The summed E-state index contributed by atoms with van der Waals surface area (Å²) in [5, 5.41) is 12.6. The second-order valence-corrected chi connectivity index (χ2v) is 12.7. The van der Waals surface area contributed by atoms with Crippen LogP contribution in [0.2, 0.25) is 0 Å². The standard InChI is InChI=1S/C36H38BrFN6O4/c1-47-35-21(17-39-19-23-11-15-31(45)41-23)9-13-29(43-35)27-7-3-5-25(33(27)37)26-6-4-8-28(34(26)38)30-14-10-22(36(44-30)48-2)18-40-20-24-12-16-32(46)42-24/h3-10,13-14,23-24,39-40H,11-12,15-20H2,1-2H3,(H,41,45)(H,42,46)/t23-,24-/m0/s1. The number of halogens is 2. The minimum absolute atomic E-state index is 0.0806. The Balaban J connectivity index is 1.20. The minimum atomic E-state index is -0.404. The molecule has 2 amide bonds. The van der Waals surface area contributed by atoms with Crippen molar-refractivity contribution >= 4 is 27.7 Å². The van der Waals surface area contributed by atoms with Crippen molar-refractivity contribution in [3.63, 3.8) is 0 Å². The highest BCUT2D eigenvalue weighted by Crippen LogP contribution is 2.40. The van der Waals surface area contributed by atoms with Gasteiger partial charge in [0.15, 0.2) is 0 Å². The number of pyridine rings is 2. The Morgan fingerprint density at radius 2 is 1.21 bits per heavy atom. The number of methoxy groups -OCH3 is 2. The Kier molecular flexibility index (Phi) is 10.6. The molecule has 0 spiro atoms. The number of ether oxygens (including phenoxy) is 2. The number of nitrogens with zero attached hydrogens (tertiary/aromatic N) is 2. The number of benzene rings is 2. The maximum absolute atomic E-state index is 16.3. The summed E-state index contributed by atoms with van der Waals surface area (Å²) in [5.41, 5.74) is 5.09. The van der Waals surface area contributed by atoms with Crippen LogP contribution in [-0.4, -0.2) is 61.2 Å². The lowest BCUT2D eigenvalue weighted by Gasteiger charge is -2.16. The van der Waals surface area contributed by atoms with E-state index in [4.69, 9.17) is 14.5 Å².